The predicted octanol–water partition coefficient (Wildman–Crippen LogP) is 4.42. The van der Waals surface area contributed by atoms with Gasteiger partial charge in [-0.1, -0.05) is 29.3 Å². The van der Waals surface area contributed by atoms with Gasteiger partial charge in [0.15, 0.2) is 0 Å². The minimum atomic E-state index is -0.559. The number of amides is 1. The number of benzene rings is 1. The summed E-state index contributed by atoms with van der Waals surface area (Å²) in [5.74, 6) is -0.499. The third-order valence-corrected chi connectivity index (χ3v) is 3.66. The Bertz CT molecular complexity index is 602. The van der Waals surface area contributed by atoms with Crippen molar-refractivity contribution in [1.82, 2.24) is 4.90 Å². The van der Waals surface area contributed by atoms with Crippen molar-refractivity contribution in [3.63, 3.8) is 0 Å². The molecule has 0 atom stereocenters. The number of carbonyl (C=O) groups excluding carboxylic acids is 2. The molecule has 1 rings (SSSR count). The van der Waals surface area contributed by atoms with E-state index in [1.54, 1.807) is 39.0 Å². The van der Waals surface area contributed by atoms with Gasteiger partial charge in [-0.15, -0.1) is 0 Å². The normalized spacial score (nSPS) is 11.1. The van der Waals surface area contributed by atoms with Crippen molar-refractivity contribution in [2.24, 2.45) is 0 Å². The van der Waals surface area contributed by atoms with E-state index >= 15 is 0 Å². The van der Waals surface area contributed by atoms with Gasteiger partial charge in [-0.25, -0.2) is 9.59 Å². The van der Waals surface area contributed by atoms with Crippen molar-refractivity contribution in [3.05, 3.63) is 45.6 Å². The first kappa shape index (κ1) is 19.3. The molecule has 1 aromatic carbocycles. The number of ether oxygens (including phenoxy) is 2. The third-order valence-electron chi connectivity index (χ3n) is 2.92. The maximum Gasteiger partial charge on any atom is 0.414 e. The van der Waals surface area contributed by atoms with E-state index < -0.39 is 12.1 Å². The Balaban J connectivity index is 2.69. The van der Waals surface area contributed by atoms with E-state index in [2.05, 4.69) is 0 Å². The summed E-state index contributed by atoms with van der Waals surface area (Å²) in [5, 5.41) is 0.830. The Labute approximate surface area is 145 Å². The van der Waals surface area contributed by atoms with E-state index in [4.69, 9.17) is 32.7 Å². The number of carbonyl (C=O) groups is 2. The van der Waals surface area contributed by atoms with Gasteiger partial charge in [0.05, 0.1) is 16.7 Å². The number of esters is 1. The molecule has 0 saturated carbocycles. The summed E-state index contributed by atoms with van der Waals surface area (Å²) < 4.78 is 10.1. The standard InChI is InChI=1S/C16H19Cl2NO4/c1-4-19(11(3)8-15(20)22-5-2)16(21)23-10-12-6-7-13(17)14(18)9-12/h6-9H,4-5,10H2,1-3H3. The first-order chi connectivity index (χ1) is 10.9. The summed E-state index contributed by atoms with van der Waals surface area (Å²) in [6, 6.07) is 4.99. The molecule has 1 aromatic rings. The maximum atomic E-state index is 12.1. The fraction of sp³-hybridized carbons (Fsp3) is 0.375. The molecule has 0 aromatic heterocycles. The van der Waals surface area contributed by atoms with Crippen molar-refractivity contribution in [1.29, 1.82) is 0 Å². The molecule has 5 nitrogen and oxygen atoms in total. The molecular formula is C16H19Cl2NO4. The largest absolute Gasteiger partial charge is 0.463 e. The highest BCUT2D eigenvalue weighted by Gasteiger charge is 2.16. The third kappa shape index (κ3) is 6.12. The zero-order valence-electron chi connectivity index (χ0n) is 13.3. The van der Waals surface area contributed by atoms with Crippen LogP contribution < -0.4 is 0 Å². The fourth-order valence-corrected chi connectivity index (χ4v) is 2.13. The lowest BCUT2D eigenvalue weighted by molar-refractivity contribution is -0.137. The molecule has 0 spiro atoms. The monoisotopic (exact) mass is 359 g/mol. The summed E-state index contributed by atoms with van der Waals surface area (Å²) in [7, 11) is 0. The molecule has 0 saturated heterocycles. The summed E-state index contributed by atoms with van der Waals surface area (Å²) in [4.78, 5) is 24.9. The van der Waals surface area contributed by atoms with E-state index in [0.29, 0.717) is 22.3 Å². The number of rotatable bonds is 6. The topological polar surface area (TPSA) is 55.8 Å². The van der Waals surface area contributed by atoms with Gasteiger partial charge in [-0.3, -0.25) is 4.90 Å². The Kier molecular flexibility index (Phi) is 7.92. The highest BCUT2D eigenvalue weighted by molar-refractivity contribution is 6.42. The quantitative estimate of drug-likeness (QED) is 0.557. The molecule has 0 aliphatic rings. The maximum absolute atomic E-state index is 12.1. The minimum absolute atomic E-state index is 0.0545. The van der Waals surface area contributed by atoms with Crippen LogP contribution in [0.2, 0.25) is 10.0 Å². The lowest BCUT2D eigenvalue weighted by atomic mass is 10.2. The molecule has 0 radical (unpaired) electrons. The molecule has 0 heterocycles. The summed E-state index contributed by atoms with van der Waals surface area (Å²) in [5.41, 5.74) is 1.17. The van der Waals surface area contributed by atoms with Gasteiger partial charge in [-0.2, -0.15) is 0 Å². The van der Waals surface area contributed by atoms with Crippen LogP contribution in [0, 0.1) is 0 Å². The van der Waals surface area contributed by atoms with Crippen molar-refractivity contribution < 1.29 is 19.1 Å². The van der Waals surface area contributed by atoms with Gasteiger partial charge in [0.25, 0.3) is 0 Å². The van der Waals surface area contributed by atoms with Gasteiger partial charge in [0.2, 0.25) is 0 Å². The molecule has 0 fully saturated rings. The predicted molar refractivity (Wildman–Crippen MR) is 89.4 cm³/mol. The Hall–Kier alpha value is -1.72. The summed E-state index contributed by atoms with van der Waals surface area (Å²) >= 11 is 11.7. The Morgan fingerprint density at radius 3 is 2.43 bits per heavy atom. The number of nitrogens with zero attached hydrogens (tertiary/aromatic N) is 1. The number of halogens is 2. The highest BCUT2D eigenvalue weighted by atomic mass is 35.5. The van der Waals surface area contributed by atoms with E-state index in [1.165, 1.54) is 11.0 Å². The average molecular weight is 360 g/mol. The Morgan fingerprint density at radius 2 is 1.87 bits per heavy atom. The van der Waals surface area contributed by atoms with Crippen LogP contribution in [-0.2, 0) is 20.9 Å². The molecule has 0 bridgehead atoms. The number of allylic oxidation sites excluding steroid dienone is 1. The van der Waals surface area contributed by atoms with Crippen molar-refractivity contribution >= 4 is 35.3 Å². The van der Waals surface area contributed by atoms with Crippen LogP contribution in [0.5, 0.6) is 0 Å². The highest BCUT2D eigenvalue weighted by Crippen LogP contribution is 2.23. The van der Waals surface area contributed by atoms with Crippen LogP contribution >= 0.6 is 23.2 Å². The van der Waals surface area contributed by atoms with Crippen LogP contribution in [0.1, 0.15) is 26.3 Å². The second-order valence-electron chi connectivity index (χ2n) is 4.59. The first-order valence-corrected chi connectivity index (χ1v) is 7.87. The molecule has 0 unspecified atom stereocenters. The van der Waals surface area contributed by atoms with Crippen molar-refractivity contribution in [2.75, 3.05) is 13.2 Å². The molecule has 23 heavy (non-hydrogen) atoms. The average Bonchev–Trinajstić information content (AvgIpc) is 2.49. The van der Waals surface area contributed by atoms with E-state index in [9.17, 15) is 9.59 Å². The molecular weight excluding hydrogens is 341 g/mol. The van der Waals surface area contributed by atoms with E-state index in [1.807, 2.05) is 0 Å². The first-order valence-electron chi connectivity index (χ1n) is 7.12. The van der Waals surface area contributed by atoms with Gasteiger partial charge < -0.3 is 9.47 Å². The summed E-state index contributed by atoms with van der Waals surface area (Å²) in [6.45, 7) is 5.82. The zero-order valence-corrected chi connectivity index (χ0v) is 14.8. The van der Waals surface area contributed by atoms with Crippen LogP contribution in [0.25, 0.3) is 0 Å². The summed E-state index contributed by atoms with van der Waals surface area (Å²) in [6.07, 6.45) is 0.699. The van der Waals surface area contributed by atoms with Crippen LogP contribution in [0.15, 0.2) is 30.0 Å². The number of hydrogen-bond acceptors (Lipinski definition) is 4. The molecule has 0 aliphatic heterocycles. The smallest absolute Gasteiger partial charge is 0.414 e. The van der Waals surface area contributed by atoms with Gasteiger partial charge in [-0.05, 0) is 38.5 Å². The SMILES string of the molecule is CCOC(=O)C=C(C)N(CC)C(=O)OCc1ccc(Cl)c(Cl)c1. The fourth-order valence-electron chi connectivity index (χ4n) is 1.81. The zero-order chi connectivity index (χ0) is 17.4. The van der Waals surface area contributed by atoms with E-state index in [0.717, 1.165) is 5.56 Å². The van der Waals surface area contributed by atoms with Crippen molar-refractivity contribution in [2.45, 2.75) is 27.4 Å². The van der Waals surface area contributed by atoms with Crippen LogP contribution in [0.3, 0.4) is 0 Å². The van der Waals surface area contributed by atoms with Crippen LogP contribution in [-0.4, -0.2) is 30.1 Å². The minimum Gasteiger partial charge on any atom is -0.463 e. The van der Waals surface area contributed by atoms with Gasteiger partial charge in [0.1, 0.15) is 6.61 Å². The lowest BCUT2D eigenvalue weighted by Gasteiger charge is -2.21. The molecule has 0 N–H and O–H groups in total. The van der Waals surface area contributed by atoms with Gasteiger partial charge >= 0.3 is 12.1 Å². The second-order valence-corrected chi connectivity index (χ2v) is 5.40. The van der Waals surface area contributed by atoms with Crippen LogP contribution in [0.4, 0.5) is 4.79 Å². The lowest BCUT2D eigenvalue weighted by Crippen LogP contribution is -2.30. The molecule has 1 amide bonds. The molecule has 7 heteroatoms. The van der Waals surface area contributed by atoms with Crippen molar-refractivity contribution in [3.8, 4) is 0 Å². The second kappa shape index (κ2) is 9.43. The number of hydrogen-bond donors (Lipinski definition) is 0. The van der Waals surface area contributed by atoms with Gasteiger partial charge in [0, 0.05) is 18.3 Å². The molecule has 0 aliphatic carbocycles. The van der Waals surface area contributed by atoms with E-state index in [-0.39, 0.29) is 13.2 Å². The molecule has 126 valence electrons. The Morgan fingerprint density at radius 1 is 1.17 bits per heavy atom.